The summed E-state index contributed by atoms with van der Waals surface area (Å²) in [4.78, 5) is 48.3. The summed E-state index contributed by atoms with van der Waals surface area (Å²) >= 11 is 1.37. The largest absolute Gasteiger partial charge is 0.481 e. The van der Waals surface area contributed by atoms with Crippen molar-refractivity contribution in [1.82, 2.24) is 4.90 Å². The molecule has 2 rings (SSSR count). The van der Waals surface area contributed by atoms with E-state index in [0.717, 1.165) is 57.8 Å². The highest BCUT2D eigenvalue weighted by molar-refractivity contribution is 7.99. The monoisotopic (exact) mass is 507 g/mol. The number of benzene rings is 1. The maximum absolute atomic E-state index is 13.1. The van der Waals surface area contributed by atoms with Gasteiger partial charge in [0.15, 0.2) is 0 Å². The first-order chi connectivity index (χ1) is 16.8. The van der Waals surface area contributed by atoms with E-state index in [0.29, 0.717) is 24.2 Å². The number of carbonyl (C=O) groups excluding carboxylic acids is 2. The van der Waals surface area contributed by atoms with Gasteiger partial charge in [-0.15, -0.1) is 11.8 Å². The van der Waals surface area contributed by atoms with E-state index in [1.54, 1.807) is 24.3 Å². The molecule has 1 aromatic carbocycles. The lowest BCUT2D eigenvalue weighted by molar-refractivity contribution is -0.149. The van der Waals surface area contributed by atoms with Crippen molar-refractivity contribution in [3.8, 4) is 5.75 Å². The first kappa shape index (κ1) is 28.7. The van der Waals surface area contributed by atoms with Crippen LogP contribution in [0, 0.1) is 0 Å². The van der Waals surface area contributed by atoms with Gasteiger partial charge in [-0.25, -0.2) is 4.79 Å². The molecule has 0 aliphatic carbocycles. The third-order valence-electron chi connectivity index (χ3n) is 6.04. The lowest BCUT2D eigenvalue weighted by Gasteiger charge is -2.28. The van der Waals surface area contributed by atoms with Crippen molar-refractivity contribution in [3.63, 3.8) is 0 Å². The fourth-order valence-electron chi connectivity index (χ4n) is 4.27. The van der Waals surface area contributed by atoms with Crippen LogP contribution in [0.15, 0.2) is 24.3 Å². The van der Waals surface area contributed by atoms with Crippen LogP contribution in [0.25, 0.3) is 0 Å². The van der Waals surface area contributed by atoms with Crippen LogP contribution in [-0.2, 0) is 19.2 Å². The van der Waals surface area contributed by atoms with Crippen molar-refractivity contribution in [1.29, 1.82) is 0 Å². The Labute approximate surface area is 211 Å². The van der Waals surface area contributed by atoms with Crippen LogP contribution in [0.1, 0.15) is 94.9 Å². The zero-order valence-electron chi connectivity index (χ0n) is 20.4. The number of nitrogens with zero attached hydrogens (tertiary/aromatic N) is 1. The smallest absolute Gasteiger partial charge is 0.327 e. The van der Waals surface area contributed by atoms with Crippen molar-refractivity contribution in [2.45, 2.75) is 95.4 Å². The Kier molecular flexibility index (Phi) is 12.7. The number of carboxylic acids is 2. The summed E-state index contributed by atoms with van der Waals surface area (Å²) in [7, 11) is 0. The van der Waals surface area contributed by atoms with Gasteiger partial charge in [0, 0.05) is 31.1 Å². The van der Waals surface area contributed by atoms with E-state index in [1.165, 1.54) is 23.6 Å². The fraction of sp³-hybridized carbons (Fsp3) is 0.615. The Balaban J connectivity index is 1.77. The van der Waals surface area contributed by atoms with Crippen molar-refractivity contribution in [2.24, 2.45) is 0 Å². The van der Waals surface area contributed by atoms with E-state index < -0.39 is 29.3 Å². The predicted molar refractivity (Wildman–Crippen MR) is 134 cm³/mol. The van der Waals surface area contributed by atoms with Crippen molar-refractivity contribution < 1.29 is 34.1 Å². The van der Waals surface area contributed by atoms with Gasteiger partial charge in [-0.05, 0) is 18.9 Å². The number of aliphatic carboxylic acids is 2. The number of amides is 1. The summed E-state index contributed by atoms with van der Waals surface area (Å²) < 4.78 is 5.30. The second-order valence-electron chi connectivity index (χ2n) is 8.90. The van der Waals surface area contributed by atoms with Gasteiger partial charge in [-0.3, -0.25) is 14.4 Å². The molecule has 1 fully saturated rings. The van der Waals surface area contributed by atoms with Crippen LogP contribution in [0.3, 0.4) is 0 Å². The summed E-state index contributed by atoms with van der Waals surface area (Å²) in [5.41, 5.74) is 0.632. The van der Waals surface area contributed by atoms with Crippen LogP contribution in [0.2, 0.25) is 0 Å². The third kappa shape index (κ3) is 9.92. The fourth-order valence-corrected chi connectivity index (χ4v) is 5.74. The zero-order chi connectivity index (χ0) is 25.6. The lowest BCUT2D eigenvalue weighted by atomic mass is 10.0. The lowest BCUT2D eigenvalue weighted by Crippen LogP contribution is -2.42. The Hall–Kier alpha value is -2.55. The van der Waals surface area contributed by atoms with Gasteiger partial charge in [0.25, 0.3) is 0 Å². The molecule has 2 atom stereocenters. The molecule has 2 N–H and O–H groups in total. The van der Waals surface area contributed by atoms with E-state index in [-0.39, 0.29) is 18.1 Å². The maximum Gasteiger partial charge on any atom is 0.327 e. The Bertz CT molecular complexity index is 860. The molecule has 1 saturated heterocycles. The maximum atomic E-state index is 13.1. The minimum atomic E-state index is -1.03. The van der Waals surface area contributed by atoms with Gasteiger partial charge in [0.05, 0.1) is 0 Å². The van der Waals surface area contributed by atoms with Gasteiger partial charge >= 0.3 is 17.9 Å². The molecule has 194 valence electrons. The van der Waals surface area contributed by atoms with Gasteiger partial charge < -0.3 is 19.8 Å². The van der Waals surface area contributed by atoms with Crippen molar-refractivity contribution in [2.75, 3.05) is 5.75 Å². The van der Waals surface area contributed by atoms with Crippen LogP contribution < -0.4 is 4.74 Å². The molecule has 0 saturated carbocycles. The minimum absolute atomic E-state index is 0.189. The standard InChI is InChI=1S/C26H37NO7S/c1-19(28)34-22-15-13-12-14-20(22)25-27(21(18-35-25)26(32)33)23(29)16-10-8-6-4-2-3-5-7-9-11-17-24(30)31/h12-15,21,25H,2-11,16-18H2,1H3,(H,30,31)(H,32,33)/t21-,25?/m0/s1. The summed E-state index contributed by atoms with van der Waals surface area (Å²) in [6.45, 7) is 1.31. The van der Waals surface area contributed by atoms with Gasteiger partial charge in [-0.2, -0.15) is 0 Å². The zero-order valence-corrected chi connectivity index (χ0v) is 21.3. The number of ether oxygens (including phenoxy) is 1. The second-order valence-corrected chi connectivity index (χ2v) is 10.0. The number of para-hydroxylation sites is 1. The number of rotatable bonds is 16. The quantitative estimate of drug-likeness (QED) is 0.173. The Morgan fingerprint density at radius 2 is 1.43 bits per heavy atom. The molecule has 1 aliphatic heterocycles. The molecule has 1 aromatic rings. The van der Waals surface area contributed by atoms with Gasteiger partial charge in [-0.1, -0.05) is 69.6 Å². The Morgan fingerprint density at radius 1 is 0.886 bits per heavy atom. The van der Waals surface area contributed by atoms with E-state index >= 15 is 0 Å². The molecule has 0 spiro atoms. The molecule has 0 radical (unpaired) electrons. The van der Waals surface area contributed by atoms with Gasteiger partial charge in [0.2, 0.25) is 5.91 Å². The average molecular weight is 508 g/mol. The molecule has 9 heteroatoms. The highest BCUT2D eigenvalue weighted by Crippen LogP contribution is 2.45. The molecule has 0 aromatic heterocycles. The second kappa shape index (κ2) is 15.4. The highest BCUT2D eigenvalue weighted by atomic mass is 32.2. The Morgan fingerprint density at radius 3 is 1.97 bits per heavy atom. The molecule has 1 aliphatic rings. The van der Waals surface area contributed by atoms with Crippen molar-refractivity contribution >= 4 is 35.6 Å². The molecular weight excluding hydrogens is 470 g/mol. The molecule has 8 nitrogen and oxygen atoms in total. The SMILES string of the molecule is CC(=O)Oc1ccccc1C1SC[C@@H](C(=O)O)N1C(=O)CCCCCCCCCCCCC(=O)O. The topological polar surface area (TPSA) is 121 Å². The number of unbranched alkanes of at least 4 members (excludes halogenated alkanes) is 9. The van der Waals surface area contributed by atoms with Crippen LogP contribution in [-0.4, -0.2) is 50.7 Å². The molecule has 35 heavy (non-hydrogen) atoms. The van der Waals surface area contributed by atoms with Crippen LogP contribution >= 0.6 is 11.8 Å². The third-order valence-corrected chi connectivity index (χ3v) is 7.35. The molecule has 1 heterocycles. The summed E-state index contributed by atoms with van der Waals surface area (Å²) in [5.74, 6) is -1.77. The van der Waals surface area contributed by atoms with E-state index in [4.69, 9.17) is 9.84 Å². The molecule has 1 unspecified atom stereocenters. The van der Waals surface area contributed by atoms with E-state index in [1.807, 2.05) is 0 Å². The summed E-state index contributed by atoms with van der Waals surface area (Å²) in [6.07, 6.45) is 10.5. The molecule has 1 amide bonds. The average Bonchev–Trinajstić information content (AvgIpc) is 3.25. The summed E-state index contributed by atoms with van der Waals surface area (Å²) in [6, 6.07) is 6.05. The predicted octanol–water partition coefficient (Wildman–Crippen LogP) is 5.40. The van der Waals surface area contributed by atoms with Crippen LogP contribution in [0.5, 0.6) is 5.75 Å². The highest BCUT2D eigenvalue weighted by Gasteiger charge is 2.43. The number of carbonyl (C=O) groups is 4. The number of thioether (sulfide) groups is 1. The van der Waals surface area contributed by atoms with Crippen LogP contribution in [0.4, 0.5) is 0 Å². The first-order valence-corrected chi connectivity index (χ1v) is 13.5. The summed E-state index contributed by atoms with van der Waals surface area (Å²) in [5, 5.41) is 17.8. The number of hydrogen-bond donors (Lipinski definition) is 2. The molecule has 0 bridgehead atoms. The van der Waals surface area contributed by atoms with Crippen molar-refractivity contribution in [3.05, 3.63) is 29.8 Å². The number of hydrogen-bond acceptors (Lipinski definition) is 6. The molecular formula is C26H37NO7S. The minimum Gasteiger partial charge on any atom is -0.481 e. The first-order valence-electron chi connectivity index (χ1n) is 12.5. The van der Waals surface area contributed by atoms with Gasteiger partial charge in [0.1, 0.15) is 17.2 Å². The normalized spacial score (nSPS) is 17.3. The van der Waals surface area contributed by atoms with E-state index in [2.05, 4.69) is 0 Å². The number of carboxylic acid groups (broad SMARTS) is 2. The van der Waals surface area contributed by atoms with E-state index in [9.17, 15) is 24.3 Å². The number of esters is 1.